The average molecular weight is 388 g/mol. The summed E-state index contributed by atoms with van der Waals surface area (Å²) in [5.74, 6) is -1.35. The first-order chi connectivity index (χ1) is 13.5. The van der Waals surface area contributed by atoms with E-state index in [0.29, 0.717) is 18.8 Å². The predicted molar refractivity (Wildman–Crippen MR) is 100 cm³/mol. The van der Waals surface area contributed by atoms with Crippen LogP contribution in [0.1, 0.15) is 18.9 Å². The molecule has 2 N–H and O–H groups in total. The molecule has 0 spiro atoms. The lowest BCUT2D eigenvalue weighted by Gasteiger charge is -2.10. The molecule has 148 valence electrons. The largest absolute Gasteiger partial charge is 0.494 e. The minimum Gasteiger partial charge on any atom is -0.494 e. The Bertz CT molecular complexity index is 841. The summed E-state index contributed by atoms with van der Waals surface area (Å²) in [4.78, 5) is 35.2. The molecule has 2 aromatic rings. The Morgan fingerprint density at radius 2 is 1.75 bits per heavy atom. The fraction of sp³-hybridized carbons (Fsp3) is 0.250. The molecule has 0 saturated heterocycles. The number of imide groups is 1. The molecule has 2 aromatic carbocycles. The van der Waals surface area contributed by atoms with Gasteiger partial charge in [-0.1, -0.05) is 30.3 Å². The lowest BCUT2D eigenvalue weighted by atomic mass is 10.1. The number of carbonyl (C=O) groups is 3. The summed E-state index contributed by atoms with van der Waals surface area (Å²) < 4.78 is 23.8. The zero-order valence-electron chi connectivity index (χ0n) is 15.4. The first-order valence-electron chi connectivity index (χ1n) is 8.71. The van der Waals surface area contributed by atoms with Crippen molar-refractivity contribution in [1.29, 1.82) is 0 Å². The Balaban J connectivity index is 1.73. The lowest BCUT2D eigenvalue weighted by Crippen LogP contribution is -2.37. The number of carbonyl (C=O) groups excluding carboxylic acids is 3. The van der Waals surface area contributed by atoms with Crippen molar-refractivity contribution in [2.24, 2.45) is 0 Å². The highest BCUT2D eigenvalue weighted by atomic mass is 19.1. The third-order valence-electron chi connectivity index (χ3n) is 3.61. The molecule has 0 unspecified atom stereocenters. The number of urea groups is 1. The maximum Gasteiger partial charge on any atom is 0.326 e. The lowest BCUT2D eigenvalue weighted by molar-refractivity contribution is -0.148. The number of nitrogens with one attached hydrogen (secondary N) is 2. The van der Waals surface area contributed by atoms with Gasteiger partial charge in [0.25, 0.3) is 5.91 Å². The number of esters is 1. The van der Waals surface area contributed by atoms with Gasteiger partial charge in [0.15, 0.2) is 6.61 Å². The number of benzene rings is 2. The van der Waals surface area contributed by atoms with Crippen molar-refractivity contribution in [3.8, 4) is 5.75 Å². The van der Waals surface area contributed by atoms with Gasteiger partial charge in [-0.2, -0.15) is 0 Å². The van der Waals surface area contributed by atoms with Gasteiger partial charge < -0.3 is 14.8 Å². The molecule has 0 aromatic heterocycles. The molecule has 2 rings (SSSR count). The third kappa shape index (κ3) is 6.71. The zero-order chi connectivity index (χ0) is 20.4. The van der Waals surface area contributed by atoms with Gasteiger partial charge in [-0.15, -0.1) is 0 Å². The molecular weight excluding hydrogens is 367 g/mol. The summed E-state index contributed by atoms with van der Waals surface area (Å²) in [7, 11) is 0. The molecule has 0 fully saturated rings. The highest BCUT2D eigenvalue weighted by molar-refractivity contribution is 6.01. The maximum absolute atomic E-state index is 13.4. The van der Waals surface area contributed by atoms with Crippen molar-refractivity contribution in [3.05, 3.63) is 59.9 Å². The molecule has 0 bridgehead atoms. The van der Waals surface area contributed by atoms with Crippen LogP contribution in [0.5, 0.6) is 5.75 Å². The van der Waals surface area contributed by atoms with Crippen LogP contribution < -0.4 is 15.4 Å². The minimum absolute atomic E-state index is 0.0544. The van der Waals surface area contributed by atoms with Gasteiger partial charge in [0, 0.05) is 6.42 Å². The fourth-order valence-electron chi connectivity index (χ4n) is 2.34. The average Bonchev–Trinajstić information content (AvgIpc) is 2.67. The van der Waals surface area contributed by atoms with Crippen LogP contribution in [0.2, 0.25) is 0 Å². The number of halogens is 1. The molecule has 0 aliphatic rings. The summed E-state index contributed by atoms with van der Waals surface area (Å²) in [5, 5.41) is 4.15. The van der Waals surface area contributed by atoms with Crippen LogP contribution in [-0.2, 0) is 20.7 Å². The second-order valence-electron chi connectivity index (χ2n) is 5.68. The molecule has 0 radical (unpaired) electrons. The number of hydrogen-bond acceptors (Lipinski definition) is 5. The van der Waals surface area contributed by atoms with E-state index in [9.17, 15) is 18.8 Å². The maximum atomic E-state index is 13.4. The van der Waals surface area contributed by atoms with E-state index >= 15 is 0 Å². The SMILES string of the molecule is CCOc1ccccc1CCC(=O)OCC(=O)NC(=O)Nc1ccccc1F. The molecule has 0 aliphatic carbocycles. The van der Waals surface area contributed by atoms with E-state index in [1.165, 1.54) is 24.3 Å². The molecule has 0 aliphatic heterocycles. The minimum atomic E-state index is -0.920. The second-order valence-corrected chi connectivity index (χ2v) is 5.68. The van der Waals surface area contributed by atoms with Crippen molar-refractivity contribution in [2.75, 3.05) is 18.5 Å². The number of rotatable bonds is 8. The van der Waals surface area contributed by atoms with Crippen LogP contribution in [0.15, 0.2) is 48.5 Å². The van der Waals surface area contributed by atoms with Crippen molar-refractivity contribution in [1.82, 2.24) is 5.32 Å². The van der Waals surface area contributed by atoms with Gasteiger partial charge in [-0.3, -0.25) is 14.9 Å². The predicted octanol–water partition coefficient (Wildman–Crippen LogP) is 3.05. The number of aryl methyl sites for hydroxylation is 1. The first-order valence-corrected chi connectivity index (χ1v) is 8.71. The van der Waals surface area contributed by atoms with Gasteiger partial charge in [-0.05, 0) is 37.1 Å². The van der Waals surface area contributed by atoms with Crippen LogP contribution in [0, 0.1) is 5.82 Å². The summed E-state index contributed by atoms with van der Waals surface area (Å²) >= 11 is 0. The quantitative estimate of drug-likeness (QED) is 0.678. The van der Waals surface area contributed by atoms with Crippen LogP contribution in [0.3, 0.4) is 0 Å². The van der Waals surface area contributed by atoms with E-state index in [1.54, 1.807) is 0 Å². The molecule has 0 atom stereocenters. The molecule has 3 amide bonds. The Labute approximate surface area is 161 Å². The van der Waals surface area contributed by atoms with Crippen molar-refractivity contribution in [3.63, 3.8) is 0 Å². The van der Waals surface area contributed by atoms with E-state index in [4.69, 9.17) is 9.47 Å². The fourth-order valence-corrected chi connectivity index (χ4v) is 2.34. The molecule has 7 nitrogen and oxygen atoms in total. The Morgan fingerprint density at radius 1 is 1.04 bits per heavy atom. The molecule has 8 heteroatoms. The zero-order valence-corrected chi connectivity index (χ0v) is 15.4. The monoisotopic (exact) mass is 388 g/mol. The van der Waals surface area contributed by atoms with Gasteiger partial charge in [-0.25, -0.2) is 9.18 Å². The van der Waals surface area contributed by atoms with E-state index in [1.807, 2.05) is 36.5 Å². The summed E-state index contributed by atoms with van der Waals surface area (Å²) in [5.41, 5.74) is 0.785. The molecule has 0 saturated carbocycles. The van der Waals surface area contributed by atoms with Crippen LogP contribution in [0.25, 0.3) is 0 Å². The summed E-state index contributed by atoms with van der Waals surface area (Å²) in [6.45, 7) is 1.76. The van der Waals surface area contributed by atoms with Gasteiger partial charge in [0.2, 0.25) is 0 Å². The number of anilines is 1. The van der Waals surface area contributed by atoms with Gasteiger partial charge >= 0.3 is 12.0 Å². The first kappa shape index (κ1) is 20.9. The van der Waals surface area contributed by atoms with Gasteiger partial charge in [0.05, 0.1) is 12.3 Å². The highest BCUT2D eigenvalue weighted by Gasteiger charge is 2.13. The van der Waals surface area contributed by atoms with E-state index in [-0.39, 0.29) is 12.1 Å². The third-order valence-corrected chi connectivity index (χ3v) is 3.61. The second kappa shape index (κ2) is 10.7. The van der Waals surface area contributed by atoms with Crippen molar-refractivity contribution in [2.45, 2.75) is 19.8 Å². The van der Waals surface area contributed by atoms with Crippen LogP contribution in [0.4, 0.5) is 14.9 Å². The normalized spacial score (nSPS) is 10.1. The van der Waals surface area contributed by atoms with E-state index in [2.05, 4.69) is 5.32 Å². The smallest absolute Gasteiger partial charge is 0.326 e. The standard InChI is InChI=1S/C20H21FN2O5/c1-2-27-17-10-6-3-7-14(17)11-12-19(25)28-13-18(24)23-20(26)22-16-9-5-4-8-15(16)21/h3-10H,2,11-13H2,1H3,(H2,22,23,24,26). The topological polar surface area (TPSA) is 93.7 Å². The number of amides is 3. The summed E-state index contributed by atoms with van der Waals surface area (Å²) in [6.07, 6.45) is 0.448. The number of para-hydroxylation sites is 2. The van der Waals surface area contributed by atoms with Crippen LogP contribution >= 0.6 is 0 Å². The van der Waals surface area contributed by atoms with Crippen LogP contribution in [-0.4, -0.2) is 31.1 Å². The number of hydrogen-bond donors (Lipinski definition) is 2. The van der Waals surface area contributed by atoms with Crippen molar-refractivity contribution >= 4 is 23.6 Å². The molecule has 0 heterocycles. The van der Waals surface area contributed by atoms with Gasteiger partial charge in [0.1, 0.15) is 11.6 Å². The van der Waals surface area contributed by atoms with E-state index in [0.717, 1.165) is 5.56 Å². The van der Waals surface area contributed by atoms with E-state index < -0.39 is 30.3 Å². The molecular formula is C20H21FN2O5. The van der Waals surface area contributed by atoms with Crippen molar-refractivity contribution < 1.29 is 28.2 Å². The number of ether oxygens (including phenoxy) is 2. The Kier molecular flexibility index (Phi) is 7.95. The highest BCUT2D eigenvalue weighted by Crippen LogP contribution is 2.19. The Hall–Kier alpha value is -3.42. The Morgan fingerprint density at radius 3 is 2.50 bits per heavy atom. The summed E-state index contributed by atoms with van der Waals surface area (Å²) in [6, 6.07) is 11.9. The molecule has 28 heavy (non-hydrogen) atoms.